The Morgan fingerprint density at radius 1 is 1.04 bits per heavy atom. The number of carbonyl (C=O) groups is 2. The summed E-state index contributed by atoms with van der Waals surface area (Å²) >= 11 is 0. The molecule has 1 aliphatic heterocycles. The van der Waals surface area contributed by atoms with E-state index < -0.39 is 17.7 Å². The first-order valence-electron chi connectivity index (χ1n) is 8.34. The molecule has 24 heavy (non-hydrogen) atoms. The monoisotopic (exact) mass is 325 g/mol. The average Bonchev–Trinajstić information content (AvgIpc) is 2.83. The highest BCUT2D eigenvalue weighted by Crippen LogP contribution is 2.38. The van der Waals surface area contributed by atoms with Gasteiger partial charge in [-0.2, -0.15) is 0 Å². The number of rotatable bonds is 1. The third kappa shape index (κ3) is 2.40. The van der Waals surface area contributed by atoms with Crippen molar-refractivity contribution in [2.75, 3.05) is 0 Å². The second kappa shape index (κ2) is 5.51. The topological polar surface area (TPSA) is 68.4 Å². The highest BCUT2D eigenvalue weighted by molar-refractivity contribution is 6.24. The maximum absolute atomic E-state index is 12.8. The highest BCUT2D eigenvalue weighted by Gasteiger charge is 2.43. The molecule has 1 N–H and O–H groups in total. The van der Waals surface area contributed by atoms with Crippen LogP contribution in [0.2, 0.25) is 0 Å². The minimum atomic E-state index is -1.09. The number of aromatic nitrogens is 1. The molecule has 0 unspecified atom stereocenters. The first-order valence-corrected chi connectivity index (χ1v) is 8.34. The van der Waals surface area contributed by atoms with Gasteiger partial charge in [0.2, 0.25) is 0 Å². The zero-order valence-corrected chi connectivity index (χ0v) is 13.6. The molecule has 1 aliphatic carbocycles. The van der Waals surface area contributed by atoms with Gasteiger partial charge in [-0.05, 0) is 25.8 Å². The Morgan fingerprint density at radius 3 is 2.58 bits per heavy atom. The van der Waals surface area contributed by atoms with E-state index in [2.05, 4.69) is 4.98 Å². The van der Waals surface area contributed by atoms with Gasteiger partial charge in [0.25, 0.3) is 5.79 Å². The van der Waals surface area contributed by atoms with Crippen molar-refractivity contribution in [1.29, 1.82) is 0 Å². The van der Waals surface area contributed by atoms with E-state index in [4.69, 9.17) is 9.47 Å². The lowest BCUT2D eigenvalue weighted by molar-refractivity contribution is -0.229. The van der Waals surface area contributed by atoms with Gasteiger partial charge in [0, 0.05) is 41.1 Å². The molecule has 0 saturated heterocycles. The fraction of sp³-hybridized carbons (Fsp3) is 0.368. The van der Waals surface area contributed by atoms with Crippen LogP contribution >= 0.6 is 0 Å². The van der Waals surface area contributed by atoms with E-state index in [0.29, 0.717) is 18.4 Å². The Morgan fingerprint density at radius 2 is 1.79 bits per heavy atom. The molecular formula is C19H19NO4. The first kappa shape index (κ1) is 15.0. The van der Waals surface area contributed by atoms with Gasteiger partial charge in [0.05, 0.1) is 5.57 Å². The van der Waals surface area contributed by atoms with E-state index in [0.717, 1.165) is 35.9 Å². The summed E-state index contributed by atoms with van der Waals surface area (Å²) in [5.74, 6) is -2.09. The molecule has 1 saturated carbocycles. The van der Waals surface area contributed by atoms with Crippen LogP contribution in [-0.2, 0) is 19.1 Å². The van der Waals surface area contributed by atoms with Gasteiger partial charge in [-0.25, -0.2) is 9.59 Å². The fourth-order valence-electron chi connectivity index (χ4n) is 3.73. The van der Waals surface area contributed by atoms with E-state index in [9.17, 15) is 9.59 Å². The number of esters is 2. The summed E-state index contributed by atoms with van der Waals surface area (Å²) in [7, 11) is 0. The smallest absolute Gasteiger partial charge is 0.342 e. The number of benzene rings is 1. The van der Waals surface area contributed by atoms with Crippen molar-refractivity contribution in [2.45, 2.75) is 44.8 Å². The number of aromatic amines is 1. The second-order valence-electron chi connectivity index (χ2n) is 6.51. The highest BCUT2D eigenvalue weighted by atomic mass is 16.7. The fourth-order valence-corrected chi connectivity index (χ4v) is 3.73. The number of ether oxygens (including phenoxy) is 2. The molecule has 2 aromatic rings. The molecule has 0 amide bonds. The summed E-state index contributed by atoms with van der Waals surface area (Å²) in [4.78, 5) is 28.4. The molecule has 0 radical (unpaired) electrons. The van der Waals surface area contributed by atoms with Crippen molar-refractivity contribution < 1.29 is 19.1 Å². The van der Waals surface area contributed by atoms with E-state index in [-0.39, 0.29) is 5.57 Å². The molecular weight excluding hydrogens is 306 g/mol. The number of hydrogen-bond acceptors (Lipinski definition) is 4. The van der Waals surface area contributed by atoms with Crippen LogP contribution in [0.3, 0.4) is 0 Å². The Labute approximate surface area is 139 Å². The standard InChI is InChI=1S/C19H19NO4/c1-12-17(13-7-3-4-8-15(13)20-12)14-11-16(21)23-19(24-18(14)22)9-5-2-6-10-19/h3-4,7-8,11,20H,2,5-6,9-10H2,1H3. The number of carbonyl (C=O) groups excluding carboxylic acids is 2. The average molecular weight is 325 g/mol. The quantitative estimate of drug-likeness (QED) is 0.813. The molecule has 2 heterocycles. The molecule has 0 atom stereocenters. The third-order valence-electron chi connectivity index (χ3n) is 4.83. The van der Waals surface area contributed by atoms with Crippen LogP contribution in [0.15, 0.2) is 30.3 Å². The molecule has 1 aromatic heterocycles. The van der Waals surface area contributed by atoms with Crippen LogP contribution in [0.1, 0.15) is 43.4 Å². The number of para-hydroxylation sites is 1. The lowest BCUT2D eigenvalue weighted by Gasteiger charge is -2.34. The van der Waals surface area contributed by atoms with Gasteiger partial charge < -0.3 is 14.5 Å². The van der Waals surface area contributed by atoms with Crippen molar-refractivity contribution in [2.24, 2.45) is 0 Å². The molecule has 4 rings (SSSR count). The summed E-state index contributed by atoms with van der Waals surface area (Å²) < 4.78 is 11.2. The van der Waals surface area contributed by atoms with Crippen molar-refractivity contribution in [3.05, 3.63) is 41.6 Å². The lowest BCUT2D eigenvalue weighted by atomic mass is 9.94. The minimum absolute atomic E-state index is 0.261. The summed E-state index contributed by atoms with van der Waals surface area (Å²) in [6.07, 6.45) is 5.26. The molecule has 1 aromatic carbocycles. The summed E-state index contributed by atoms with van der Waals surface area (Å²) in [6, 6.07) is 7.69. The Kier molecular flexibility index (Phi) is 3.44. The largest absolute Gasteiger partial charge is 0.419 e. The number of nitrogens with one attached hydrogen (secondary N) is 1. The minimum Gasteiger partial charge on any atom is -0.419 e. The van der Waals surface area contributed by atoms with E-state index >= 15 is 0 Å². The molecule has 5 nitrogen and oxygen atoms in total. The van der Waals surface area contributed by atoms with Crippen LogP contribution in [0.25, 0.3) is 16.5 Å². The molecule has 2 aliphatic rings. The maximum Gasteiger partial charge on any atom is 0.342 e. The van der Waals surface area contributed by atoms with Crippen molar-refractivity contribution in [3.8, 4) is 0 Å². The predicted molar refractivity (Wildman–Crippen MR) is 89.0 cm³/mol. The van der Waals surface area contributed by atoms with Crippen molar-refractivity contribution in [1.82, 2.24) is 4.98 Å². The zero-order valence-electron chi connectivity index (χ0n) is 13.6. The maximum atomic E-state index is 12.8. The van der Waals surface area contributed by atoms with E-state index in [1.165, 1.54) is 6.08 Å². The molecule has 0 bridgehead atoms. The molecule has 1 spiro atoms. The summed E-state index contributed by atoms with van der Waals surface area (Å²) in [5, 5.41) is 0.894. The predicted octanol–water partition coefficient (Wildman–Crippen LogP) is 3.62. The van der Waals surface area contributed by atoms with Crippen molar-refractivity contribution >= 4 is 28.4 Å². The van der Waals surface area contributed by atoms with E-state index in [1.807, 2.05) is 31.2 Å². The van der Waals surface area contributed by atoms with Crippen LogP contribution < -0.4 is 0 Å². The number of hydrogen-bond donors (Lipinski definition) is 1. The van der Waals surface area contributed by atoms with Gasteiger partial charge >= 0.3 is 11.9 Å². The Bertz CT molecular complexity index is 855. The number of fused-ring (bicyclic) bond motifs is 1. The second-order valence-corrected chi connectivity index (χ2v) is 6.51. The summed E-state index contributed by atoms with van der Waals surface area (Å²) in [6.45, 7) is 1.88. The third-order valence-corrected chi connectivity index (χ3v) is 4.83. The van der Waals surface area contributed by atoms with Crippen LogP contribution in [0, 0.1) is 6.92 Å². The number of H-pyrrole nitrogens is 1. The lowest BCUT2D eigenvalue weighted by Crippen LogP contribution is -2.40. The molecule has 1 fully saturated rings. The normalized spacial score (nSPS) is 20.5. The van der Waals surface area contributed by atoms with Crippen LogP contribution in [-0.4, -0.2) is 22.7 Å². The molecule has 124 valence electrons. The molecule has 5 heteroatoms. The zero-order chi connectivity index (χ0) is 16.7. The van der Waals surface area contributed by atoms with E-state index in [1.54, 1.807) is 0 Å². The Hall–Kier alpha value is -2.56. The first-order chi connectivity index (χ1) is 11.6. The number of aryl methyl sites for hydroxylation is 1. The van der Waals surface area contributed by atoms with Gasteiger partial charge in [0.1, 0.15) is 0 Å². The SMILES string of the molecule is Cc1[nH]c2ccccc2c1C1=CC(=O)OC2(CCCCC2)OC1=O. The summed E-state index contributed by atoms with van der Waals surface area (Å²) in [5.41, 5.74) is 2.72. The van der Waals surface area contributed by atoms with Gasteiger partial charge in [-0.1, -0.05) is 24.6 Å². The van der Waals surface area contributed by atoms with Crippen LogP contribution in [0.4, 0.5) is 0 Å². The van der Waals surface area contributed by atoms with Crippen LogP contribution in [0.5, 0.6) is 0 Å². The van der Waals surface area contributed by atoms with Gasteiger partial charge in [0.15, 0.2) is 0 Å². The van der Waals surface area contributed by atoms with Gasteiger partial charge in [-0.3, -0.25) is 0 Å². The van der Waals surface area contributed by atoms with Crippen molar-refractivity contribution in [3.63, 3.8) is 0 Å². The Balaban J connectivity index is 1.79. The van der Waals surface area contributed by atoms with Gasteiger partial charge in [-0.15, -0.1) is 0 Å².